The number of aromatic nitrogens is 1. The van der Waals surface area contributed by atoms with Crippen LogP contribution in [0.2, 0.25) is 0 Å². The molecule has 0 bridgehead atoms. The van der Waals surface area contributed by atoms with Gasteiger partial charge >= 0.3 is 5.97 Å². The fraction of sp³-hybridized carbons (Fsp3) is 0.214. The van der Waals surface area contributed by atoms with Crippen LogP contribution in [0.15, 0.2) is 24.3 Å². The van der Waals surface area contributed by atoms with Crippen LogP contribution in [-0.2, 0) is 4.74 Å². The highest BCUT2D eigenvalue weighted by Gasteiger charge is 2.13. The largest absolute Gasteiger partial charge is 0.456 e. The Morgan fingerprint density at radius 3 is 2.55 bits per heavy atom. The van der Waals surface area contributed by atoms with Gasteiger partial charge in [-0.2, -0.15) is 0 Å². The Morgan fingerprint density at radius 1 is 1.35 bits per heavy atom. The predicted molar refractivity (Wildman–Crippen MR) is 75.1 cm³/mol. The van der Waals surface area contributed by atoms with E-state index >= 15 is 0 Å². The summed E-state index contributed by atoms with van der Waals surface area (Å²) in [6, 6.07) is 5.09. The molecule has 0 saturated carbocycles. The number of hydrogen-bond acceptors (Lipinski definition) is 5. The lowest BCUT2D eigenvalue weighted by molar-refractivity contribution is 0.0563. The second kappa shape index (κ2) is 5.92. The van der Waals surface area contributed by atoms with Crippen LogP contribution < -0.4 is 0 Å². The maximum atomic E-state index is 12.7. The molecule has 0 spiro atoms. The van der Waals surface area contributed by atoms with Gasteiger partial charge in [0.05, 0.1) is 26.9 Å². The van der Waals surface area contributed by atoms with Crippen LogP contribution in [0.25, 0.3) is 0 Å². The molecule has 2 rings (SSSR count). The van der Waals surface area contributed by atoms with E-state index in [2.05, 4.69) is 4.98 Å². The number of thiazole rings is 1. The summed E-state index contributed by atoms with van der Waals surface area (Å²) >= 11 is 1.40. The third-order valence-corrected chi connectivity index (χ3v) is 3.74. The molecule has 20 heavy (non-hydrogen) atoms. The number of nitrogens with zero attached hydrogens (tertiary/aromatic N) is 1. The monoisotopic (exact) mass is 292 g/mol. The summed E-state index contributed by atoms with van der Waals surface area (Å²) in [5.74, 6) is -0.987. The van der Waals surface area contributed by atoms with Gasteiger partial charge in [-0.3, -0.25) is 0 Å². The minimum Gasteiger partial charge on any atom is -0.456 e. The van der Waals surface area contributed by atoms with Crippen LogP contribution in [0.4, 0.5) is 4.39 Å². The molecule has 1 N–H and O–H groups in total. The second-order valence-electron chi connectivity index (χ2n) is 4.21. The molecule has 0 aliphatic carbocycles. The van der Waals surface area contributed by atoms with Gasteiger partial charge in [-0.15, -0.1) is 11.3 Å². The van der Waals surface area contributed by atoms with Crippen LogP contribution in [0.5, 0.6) is 0 Å². The van der Waals surface area contributed by atoms with E-state index in [9.17, 15) is 9.18 Å². The average molecular weight is 292 g/mol. The van der Waals surface area contributed by atoms with Gasteiger partial charge < -0.3 is 10.1 Å². The third-order valence-electron chi connectivity index (χ3n) is 2.61. The van der Waals surface area contributed by atoms with Crippen LogP contribution in [0, 0.1) is 25.1 Å². The van der Waals surface area contributed by atoms with Crippen molar-refractivity contribution in [3.8, 4) is 0 Å². The Balaban J connectivity index is 1.98. The summed E-state index contributed by atoms with van der Waals surface area (Å²) in [6.07, 6.45) is 0. The zero-order valence-electron chi connectivity index (χ0n) is 11.1. The maximum absolute atomic E-state index is 12.7. The first kappa shape index (κ1) is 14.3. The number of ether oxygens (including phenoxy) is 1. The SMILES string of the molecule is Cc1nc(C)c(C(=N)COC(=O)c2ccc(F)cc2)s1. The van der Waals surface area contributed by atoms with Gasteiger partial charge in [-0.05, 0) is 38.1 Å². The average Bonchev–Trinajstić information content (AvgIpc) is 2.75. The standard InChI is InChI=1S/C14H13FN2O2S/c1-8-13(20-9(2)17-8)12(16)7-19-14(18)10-3-5-11(15)6-4-10/h3-6,16H,7H2,1-2H3. The number of nitrogens with one attached hydrogen (secondary N) is 1. The van der Waals surface area contributed by atoms with E-state index in [0.717, 1.165) is 15.6 Å². The fourth-order valence-corrected chi connectivity index (χ4v) is 2.54. The van der Waals surface area contributed by atoms with Crippen LogP contribution in [-0.4, -0.2) is 23.3 Å². The molecule has 0 radical (unpaired) electrons. The zero-order chi connectivity index (χ0) is 14.7. The van der Waals surface area contributed by atoms with Crippen LogP contribution in [0.3, 0.4) is 0 Å². The number of esters is 1. The predicted octanol–water partition coefficient (Wildman–Crippen LogP) is 3.12. The molecule has 0 atom stereocenters. The first-order valence-corrected chi connectivity index (χ1v) is 6.73. The molecule has 1 aromatic heterocycles. The van der Waals surface area contributed by atoms with Crippen molar-refractivity contribution in [1.29, 1.82) is 5.41 Å². The lowest BCUT2D eigenvalue weighted by atomic mass is 10.2. The van der Waals surface area contributed by atoms with Gasteiger partial charge in [0.1, 0.15) is 12.4 Å². The van der Waals surface area contributed by atoms with Crippen molar-refractivity contribution in [2.45, 2.75) is 13.8 Å². The highest BCUT2D eigenvalue weighted by Crippen LogP contribution is 2.17. The number of hydrogen-bond donors (Lipinski definition) is 1. The quantitative estimate of drug-likeness (QED) is 0.695. The van der Waals surface area contributed by atoms with Crippen molar-refractivity contribution in [1.82, 2.24) is 4.98 Å². The second-order valence-corrected chi connectivity index (χ2v) is 5.41. The molecule has 4 nitrogen and oxygen atoms in total. The third kappa shape index (κ3) is 3.27. The normalized spacial score (nSPS) is 10.3. The topological polar surface area (TPSA) is 63.0 Å². The molecule has 0 aliphatic heterocycles. The molecule has 0 aliphatic rings. The van der Waals surface area contributed by atoms with Crippen molar-refractivity contribution >= 4 is 23.0 Å². The molecular weight excluding hydrogens is 279 g/mol. The first-order chi connectivity index (χ1) is 9.47. The Kier molecular flexibility index (Phi) is 4.24. The first-order valence-electron chi connectivity index (χ1n) is 5.92. The number of carbonyl (C=O) groups excluding carboxylic acids is 1. The molecule has 0 fully saturated rings. The van der Waals surface area contributed by atoms with Crippen molar-refractivity contribution in [3.05, 3.63) is 51.2 Å². The minimum atomic E-state index is -0.575. The maximum Gasteiger partial charge on any atom is 0.338 e. The summed E-state index contributed by atoms with van der Waals surface area (Å²) < 4.78 is 17.8. The molecule has 6 heteroatoms. The molecule has 1 aromatic carbocycles. The van der Waals surface area contributed by atoms with Crippen LogP contribution in [0.1, 0.15) is 25.9 Å². The van der Waals surface area contributed by atoms with Crippen molar-refractivity contribution in [3.63, 3.8) is 0 Å². The van der Waals surface area contributed by atoms with Gasteiger partial charge in [-0.1, -0.05) is 0 Å². The van der Waals surface area contributed by atoms with E-state index in [1.54, 1.807) is 0 Å². The molecule has 104 valence electrons. The molecule has 1 heterocycles. The van der Waals surface area contributed by atoms with Gasteiger partial charge in [0.2, 0.25) is 0 Å². The molecule has 0 saturated heterocycles. The van der Waals surface area contributed by atoms with Gasteiger partial charge in [0.15, 0.2) is 0 Å². The Bertz CT molecular complexity index is 650. The van der Waals surface area contributed by atoms with Gasteiger partial charge in [0, 0.05) is 0 Å². The summed E-state index contributed by atoms with van der Waals surface area (Å²) in [7, 11) is 0. The van der Waals surface area contributed by atoms with Crippen molar-refractivity contribution < 1.29 is 13.9 Å². The van der Waals surface area contributed by atoms with E-state index < -0.39 is 11.8 Å². The highest BCUT2D eigenvalue weighted by atomic mass is 32.1. The number of carbonyl (C=O) groups is 1. The van der Waals surface area contributed by atoms with Crippen molar-refractivity contribution in [2.24, 2.45) is 0 Å². The van der Waals surface area contributed by atoms with Gasteiger partial charge in [0.25, 0.3) is 0 Å². The molecular formula is C14H13FN2O2S. The van der Waals surface area contributed by atoms with E-state index in [-0.39, 0.29) is 17.9 Å². The number of halogens is 1. The minimum absolute atomic E-state index is 0.126. The van der Waals surface area contributed by atoms with Gasteiger partial charge in [-0.25, -0.2) is 14.2 Å². The Hall–Kier alpha value is -2.08. The van der Waals surface area contributed by atoms with E-state index in [0.29, 0.717) is 0 Å². The van der Waals surface area contributed by atoms with Crippen LogP contribution >= 0.6 is 11.3 Å². The molecule has 0 amide bonds. The number of benzene rings is 1. The summed E-state index contributed by atoms with van der Waals surface area (Å²) in [5.41, 5.74) is 1.23. The highest BCUT2D eigenvalue weighted by molar-refractivity contribution is 7.13. The molecule has 0 unspecified atom stereocenters. The Morgan fingerprint density at radius 2 is 2.00 bits per heavy atom. The summed E-state index contributed by atoms with van der Waals surface area (Å²) in [4.78, 5) is 16.7. The lowest BCUT2D eigenvalue weighted by Gasteiger charge is -2.05. The smallest absolute Gasteiger partial charge is 0.338 e. The number of aryl methyl sites for hydroxylation is 2. The zero-order valence-corrected chi connectivity index (χ0v) is 11.9. The lowest BCUT2D eigenvalue weighted by Crippen LogP contribution is -2.14. The summed E-state index contributed by atoms with van der Waals surface area (Å²) in [6.45, 7) is 3.55. The van der Waals surface area contributed by atoms with E-state index in [1.807, 2.05) is 13.8 Å². The van der Waals surface area contributed by atoms with Crippen molar-refractivity contribution in [2.75, 3.05) is 6.61 Å². The fourth-order valence-electron chi connectivity index (χ4n) is 1.68. The number of rotatable bonds is 4. The Labute approximate surface area is 119 Å². The van der Waals surface area contributed by atoms with E-state index in [4.69, 9.17) is 10.1 Å². The summed E-state index contributed by atoms with van der Waals surface area (Å²) in [5, 5.41) is 8.77. The molecule has 2 aromatic rings. The van der Waals surface area contributed by atoms with E-state index in [1.165, 1.54) is 35.6 Å².